The van der Waals surface area contributed by atoms with E-state index < -0.39 is 8.80 Å². The second kappa shape index (κ2) is 12.5. The van der Waals surface area contributed by atoms with Crippen molar-refractivity contribution in [3.05, 3.63) is 0 Å². The molecular weight excluding hydrogens is 412 g/mol. The number of hydrogen-bond donors (Lipinski definition) is 0. The minimum Gasteiger partial charge on any atom is -0.368 e. The third-order valence-corrected chi connectivity index (χ3v) is 8.63. The summed E-state index contributed by atoms with van der Waals surface area (Å²) in [5, 5.41) is 0. The van der Waals surface area contributed by atoms with Gasteiger partial charge < -0.3 is 22.8 Å². The van der Waals surface area contributed by atoms with Gasteiger partial charge in [-0.2, -0.15) is 0 Å². The lowest BCUT2D eigenvalue weighted by atomic mass is 10.2. The van der Waals surface area contributed by atoms with Crippen LogP contribution in [0.25, 0.3) is 0 Å². The highest BCUT2D eigenvalue weighted by atomic mass is 28.4. The van der Waals surface area contributed by atoms with E-state index in [1.54, 1.807) is 0 Å². The third kappa shape index (κ3) is 16.9. The van der Waals surface area contributed by atoms with Crippen LogP contribution in [-0.4, -0.2) is 54.3 Å². The van der Waals surface area contributed by atoms with Gasteiger partial charge in [-0.05, 0) is 74.1 Å². The Labute approximate surface area is 191 Å². The van der Waals surface area contributed by atoms with Gasteiger partial charge in [-0.3, -0.25) is 0 Å². The Kier molecular flexibility index (Phi) is 12.6. The average molecular weight is 463 g/mol. The molecule has 0 heterocycles. The Balaban J connectivity index is 5.41. The van der Waals surface area contributed by atoms with Crippen LogP contribution in [0.3, 0.4) is 0 Å². The van der Waals surface area contributed by atoms with Crippen LogP contribution >= 0.6 is 0 Å². The maximum absolute atomic E-state index is 6.57. The molecule has 7 heteroatoms. The molecule has 0 saturated carbocycles. The van der Waals surface area contributed by atoms with Crippen LogP contribution in [0.1, 0.15) is 90.0 Å². The van der Waals surface area contributed by atoms with Crippen molar-refractivity contribution in [2.24, 2.45) is 11.8 Å². The minimum absolute atomic E-state index is 0.180. The molecular formula is C23H50O5Si2. The first-order chi connectivity index (χ1) is 13.3. The molecule has 0 aliphatic rings. The molecule has 0 unspecified atom stereocenters. The summed E-state index contributed by atoms with van der Waals surface area (Å²) in [6.07, 6.45) is 0. The second-order valence-corrected chi connectivity index (χ2v) is 15.7. The first-order valence-corrected chi connectivity index (χ1v) is 14.6. The van der Waals surface area contributed by atoms with Crippen molar-refractivity contribution in [2.75, 3.05) is 13.2 Å². The van der Waals surface area contributed by atoms with Crippen LogP contribution in [0, 0.1) is 11.8 Å². The summed E-state index contributed by atoms with van der Waals surface area (Å²) in [6, 6.07) is 1.62. The molecule has 0 fully saturated rings. The van der Waals surface area contributed by atoms with Crippen LogP contribution in [0.2, 0.25) is 12.1 Å². The number of hydrogen-bond acceptors (Lipinski definition) is 5. The molecule has 0 bridgehead atoms. The van der Waals surface area contributed by atoms with Crippen molar-refractivity contribution in [3.8, 4) is 0 Å². The quantitative estimate of drug-likeness (QED) is 0.244. The van der Waals surface area contributed by atoms with E-state index in [0.717, 1.165) is 12.1 Å². The molecule has 0 aliphatic heterocycles. The summed E-state index contributed by atoms with van der Waals surface area (Å²) in [4.78, 5) is 0. The Hall–Kier alpha value is 0.234. The molecule has 0 aromatic heterocycles. The van der Waals surface area contributed by atoms with E-state index >= 15 is 0 Å². The fourth-order valence-electron chi connectivity index (χ4n) is 2.68. The molecule has 2 radical (unpaired) electrons. The molecule has 5 nitrogen and oxygen atoms in total. The maximum Gasteiger partial charge on any atom is 0.501 e. The number of ether oxygens (including phenoxy) is 2. The highest BCUT2D eigenvalue weighted by molar-refractivity contribution is 6.62. The molecule has 0 aromatic carbocycles. The van der Waals surface area contributed by atoms with Crippen molar-refractivity contribution >= 4 is 18.3 Å². The van der Waals surface area contributed by atoms with Gasteiger partial charge in [0.2, 0.25) is 0 Å². The third-order valence-electron chi connectivity index (χ3n) is 3.29. The summed E-state index contributed by atoms with van der Waals surface area (Å²) in [7, 11) is -2.46. The van der Waals surface area contributed by atoms with Crippen molar-refractivity contribution in [3.63, 3.8) is 0 Å². The Morgan fingerprint density at radius 3 is 1.23 bits per heavy atom. The smallest absolute Gasteiger partial charge is 0.368 e. The first kappa shape index (κ1) is 30.2. The van der Waals surface area contributed by atoms with E-state index in [2.05, 4.69) is 90.0 Å². The fraction of sp³-hybridized carbons (Fsp3) is 1.00. The normalized spacial score (nSPS) is 14.4. The molecule has 0 amide bonds. The summed E-state index contributed by atoms with van der Waals surface area (Å²) < 4.78 is 31.8. The van der Waals surface area contributed by atoms with Crippen molar-refractivity contribution in [1.82, 2.24) is 0 Å². The predicted octanol–water partition coefficient (Wildman–Crippen LogP) is 6.12. The topological polar surface area (TPSA) is 46.2 Å². The van der Waals surface area contributed by atoms with E-state index in [4.69, 9.17) is 22.8 Å². The molecule has 0 N–H and O–H groups in total. The van der Waals surface area contributed by atoms with Gasteiger partial charge in [0.05, 0.1) is 30.0 Å². The van der Waals surface area contributed by atoms with Crippen LogP contribution in [-0.2, 0) is 22.8 Å². The summed E-state index contributed by atoms with van der Waals surface area (Å²) >= 11 is 0. The molecule has 0 aliphatic carbocycles. The molecule has 0 spiro atoms. The van der Waals surface area contributed by atoms with Gasteiger partial charge in [-0.1, -0.05) is 33.7 Å². The van der Waals surface area contributed by atoms with E-state index in [-0.39, 0.29) is 22.7 Å². The van der Waals surface area contributed by atoms with Gasteiger partial charge in [0.1, 0.15) is 15.4 Å². The maximum atomic E-state index is 6.57. The standard InChI is InChI=1S/C23H50O5Si2/c1-18(2)16-24-20(25-17-19(3)4)29-14-15-30(26-21(5,6)7,27-22(8,9)10)28-23(11,12)13/h18-20H,14-17H2,1-13H3. The van der Waals surface area contributed by atoms with Crippen LogP contribution in [0.4, 0.5) is 0 Å². The lowest BCUT2D eigenvalue weighted by Crippen LogP contribution is -2.57. The highest BCUT2D eigenvalue weighted by Crippen LogP contribution is 2.32. The van der Waals surface area contributed by atoms with Crippen LogP contribution < -0.4 is 0 Å². The lowest BCUT2D eigenvalue weighted by molar-refractivity contribution is -0.104. The Morgan fingerprint density at radius 1 is 0.633 bits per heavy atom. The van der Waals surface area contributed by atoms with E-state index in [1.807, 2.05) is 0 Å². The highest BCUT2D eigenvalue weighted by Gasteiger charge is 2.49. The Bertz CT molecular complexity index is 409. The summed E-state index contributed by atoms with van der Waals surface area (Å²) in [5.74, 6) is 0.776. The predicted molar refractivity (Wildman–Crippen MR) is 129 cm³/mol. The minimum atomic E-state index is -2.96. The van der Waals surface area contributed by atoms with Gasteiger partial charge in [-0.25, -0.2) is 0 Å². The zero-order valence-electron chi connectivity index (χ0n) is 22.1. The summed E-state index contributed by atoms with van der Waals surface area (Å²) in [6.45, 7) is 28.6. The van der Waals surface area contributed by atoms with Gasteiger partial charge in [-0.15, -0.1) is 0 Å². The Morgan fingerprint density at radius 2 is 0.967 bits per heavy atom. The largest absolute Gasteiger partial charge is 0.501 e. The molecule has 180 valence electrons. The van der Waals surface area contributed by atoms with Crippen molar-refractivity contribution in [2.45, 2.75) is 125 Å². The van der Waals surface area contributed by atoms with Crippen molar-refractivity contribution in [1.29, 1.82) is 0 Å². The van der Waals surface area contributed by atoms with Crippen LogP contribution in [0.15, 0.2) is 0 Å². The first-order valence-electron chi connectivity index (χ1n) is 11.4. The molecule has 30 heavy (non-hydrogen) atoms. The van der Waals surface area contributed by atoms with E-state index in [9.17, 15) is 0 Å². The van der Waals surface area contributed by atoms with E-state index in [0.29, 0.717) is 34.6 Å². The van der Waals surface area contributed by atoms with Gasteiger partial charge >= 0.3 is 8.80 Å². The zero-order chi connectivity index (χ0) is 23.8. The SMILES string of the molecule is CC(C)COC(OCC(C)C)[Si]CC[Si](OC(C)(C)C)(OC(C)(C)C)OC(C)(C)C. The lowest BCUT2D eigenvalue weighted by Gasteiger charge is -2.43. The van der Waals surface area contributed by atoms with Gasteiger partial charge in [0.15, 0.2) is 0 Å². The van der Waals surface area contributed by atoms with Gasteiger partial charge in [0, 0.05) is 6.04 Å². The van der Waals surface area contributed by atoms with Gasteiger partial charge in [0.25, 0.3) is 0 Å². The second-order valence-electron chi connectivity index (χ2n) is 11.8. The van der Waals surface area contributed by atoms with Crippen LogP contribution in [0.5, 0.6) is 0 Å². The zero-order valence-corrected chi connectivity index (χ0v) is 24.1. The van der Waals surface area contributed by atoms with E-state index in [1.165, 1.54) is 0 Å². The molecule has 0 atom stereocenters. The van der Waals surface area contributed by atoms with Crippen molar-refractivity contribution < 1.29 is 22.8 Å². The molecule has 0 rings (SSSR count). The number of rotatable bonds is 13. The monoisotopic (exact) mass is 462 g/mol. The average Bonchev–Trinajstić information content (AvgIpc) is 2.43. The molecule has 0 aromatic rings. The molecule has 0 saturated heterocycles. The summed E-state index contributed by atoms with van der Waals surface area (Å²) in [5.41, 5.74) is -1.06. The fourth-order valence-corrected chi connectivity index (χ4v) is 8.38.